The van der Waals surface area contributed by atoms with Crippen LogP contribution in [-0.4, -0.2) is 36.9 Å². The molecule has 0 aromatic heterocycles. The van der Waals surface area contributed by atoms with Crippen LogP contribution >= 0.6 is 0 Å². The van der Waals surface area contributed by atoms with Crippen LogP contribution in [0.4, 0.5) is 14.5 Å². The van der Waals surface area contributed by atoms with Crippen LogP contribution in [0.3, 0.4) is 0 Å². The Kier molecular flexibility index (Phi) is 4.76. The van der Waals surface area contributed by atoms with E-state index in [0.29, 0.717) is 5.56 Å². The molecule has 0 saturated carbocycles. The van der Waals surface area contributed by atoms with Gasteiger partial charge in [0.1, 0.15) is 17.2 Å². The molecular weight excluding hydrogens is 374 g/mol. The van der Waals surface area contributed by atoms with Crippen LogP contribution in [0.15, 0.2) is 47.5 Å². The van der Waals surface area contributed by atoms with Gasteiger partial charge in [0.2, 0.25) is 5.91 Å². The van der Waals surface area contributed by atoms with Crippen molar-refractivity contribution < 1.29 is 13.6 Å². The normalized spacial score (nSPS) is 24.8. The molecule has 0 bridgehead atoms. The average molecular weight is 398 g/mol. The van der Waals surface area contributed by atoms with E-state index in [-0.39, 0.29) is 17.4 Å². The van der Waals surface area contributed by atoms with Crippen molar-refractivity contribution in [3.05, 3.63) is 65.2 Å². The van der Waals surface area contributed by atoms with E-state index in [9.17, 15) is 13.6 Å². The minimum atomic E-state index is -1.29. The van der Waals surface area contributed by atoms with Crippen molar-refractivity contribution in [1.82, 2.24) is 4.90 Å². The number of amides is 1. The molecule has 1 amide bonds. The van der Waals surface area contributed by atoms with Crippen LogP contribution in [0.5, 0.6) is 0 Å². The first-order chi connectivity index (χ1) is 13.8. The number of rotatable bonds is 3. The lowest BCUT2D eigenvalue weighted by Crippen LogP contribution is -2.52. The van der Waals surface area contributed by atoms with Crippen molar-refractivity contribution in [2.45, 2.75) is 31.2 Å². The van der Waals surface area contributed by atoms with Crippen LogP contribution in [0.1, 0.15) is 36.8 Å². The first kappa shape index (κ1) is 19.4. The van der Waals surface area contributed by atoms with Crippen molar-refractivity contribution in [2.75, 3.05) is 25.0 Å². The highest BCUT2D eigenvalue weighted by atomic mass is 19.1. The summed E-state index contributed by atoms with van der Waals surface area (Å²) in [5, 5.41) is 0. The zero-order chi connectivity index (χ0) is 20.8. The van der Waals surface area contributed by atoms with E-state index in [1.165, 1.54) is 29.9 Å². The Hall–Kier alpha value is -2.96. The van der Waals surface area contributed by atoms with E-state index in [2.05, 4.69) is 9.89 Å². The summed E-state index contributed by atoms with van der Waals surface area (Å²) in [4.78, 5) is 21.3. The van der Waals surface area contributed by atoms with E-state index in [1.54, 1.807) is 14.0 Å². The highest BCUT2D eigenvalue weighted by Crippen LogP contribution is 2.45. The third-order valence-electron chi connectivity index (χ3n) is 6.00. The second kappa shape index (κ2) is 7.13. The number of benzene rings is 2. The maximum atomic E-state index is 14.7. The summed E-state index contributed by atoms with van der Waals surface area (Å²) in [6.07, 6.45) is 2.34. The molecule has 2 aliphatic heterocycles. The van der Waals surface area contributed by atoms with Gasteiger partial charge >= 0.3 is 0 Å². The molecule has 0 spiro atoms. The molecule has 0 radical (unpaired) electrons. The molecule has 29 heavy (non-hydrogen) atoms. The molecule has 0 unspecified atom stereocenters. The van der Waals surface area contributed by atoms with Gasteiger partial charge in [-0.05, 0) is 43.5 Å². The Morgan fingerprint density at radius 2 is 1.76 bits per heavy atom. The Balaban J connectivity index is 1.80. The fourth-order valence-corrected chi connectivity index (χ4v) is 4.36. The quantitative estimate of drug-likeness (QED) is 0.863. The second-order valence-corrected chi connectivity index (χ2v) is 7.86. The zero-order valence-electron chi connectivity index (χ0n) is 16.5. The summed E-state index contributed by atoms with van der Waals surface area (Å²) in [5.74, 6) is -2.49. The highest BCUT2D eigenvalue weighted by Gasteiger charge is 2.48. The van der Waals surface area contributed by atoms with Gasteiger partial charge in [0, 0.05) is 37.5 Å². The molecule has 2 aromatic rings. The van der Waals surface area contributed by atoms with E-state index >= 15 is 0 Å². The molecule has 0 aliphatic carbocycles. The molecule has 5 nitrogen and oxygen atoms in total. The zero-order valence-corrected chi connectivity index (χ0v) is 16.5. The number of nitrogens with two attached hydrogens (primary N) is 1. The smallest absolute Gasteiger partial charge is 0.239 e. The van der Waals surface area contributed by atoms with Gasteiger partial charge in [0.15, 0.2) is 5.96 Å². The van der Waals surface area contributed by atoms with E-state index in [0.717, 1.165) is 24.8 Å². The Bertz CT molecular complexity index is 969. The number of guanidine groups is 1. The Labute approximate surface area is 168 Å². The van der Waals surface area contributed by atoms with Crippen LogP contribution in [0.2, 0.25) is 0 Å². The number of hydrogen-bond donors (Lipinski definition) is 1. The molecule has 1 fully saturated rings. The van der Waals surface area contributed by atoms with Crippen molar-refractivity contribution >= 4 is 17.6 Å². The van der Waals surface area contributed by atoms with Gasteiger partial charge < -0.3 is 10.6 Å². The number of aliphatic imine (C=N–C) groups is 1. The average Bonchev–Trinajstić information content (AvgIpc) is 3.21. The molecule has 152 valence electrons. The van der Waals surface area contributed by atoms with Gasteiger partial charge in [-0.2, -0.15) is 0 Å². The third-order valence-corrected chi connectivity index (χ3v) is 6.00. The van der Waals surface area contributed by atoms with Crippen molar-refractivity contribution in [3.63, 3.8) is 0 Å². The number of anilines is 1. The molecule has 2 aromatic carbocycles. The van der Waals surface area contributed by atoms with Crippen LogP contribution in [-0.2, 0) is 10.3 Å². The second-order valence-electron chi connectivity index (χ2n) is 7.86. The SMILES string of the molecule is CN1C(=O)[C@H](c2ccc(N3CCCC3)cc2)[C@@](C)(c2ccc(F)cc2F)N=C1N. The van der Waals surface area contributed by atoms with E-state index < -0.39 is 23.1 Å². The van der Waals surface area contributed by atoms with E-state index in [4.69, 9.17) is 5.73 Å². The lowest BCUT2D eigenvalue weighted by molar-refractivity contribution is -0.130. The molecular formula is C22H24F2N4O. The summed E-state index contributed by atoms with van der Waals surface area (Å²) >= 11 is 0. The monoisotopic (exact) mass is 398 g/mol. The lowest BCUT2D eigenvalue weighted by Gasteiger charge is -2.41. The number of nitrogens with zero attached hydrogens (tertiary/aromatic N) is 3. The summed E-state index contributed by atoms with van der Waals surface area (Å²) in [7, 11) is 1.55. The van der Waals surface area contributed by atoms with Gasteiger partial charge in [-0.25, -0.2) is 13.8 Å². The molecule has 2 heterocycles. The number of carbonyl (C=O) groups excluding carboxylic acids is 1. The number of hydrogen-bond acceptors (Lipinski definition) is 4. The van der Waals surface area contributed by atoms with Gasteiger partial charge in [0.05, 0.1) is 5.92 Å². The van der Waals surface area contributed by atoms with Gasteiger partial charge in [0.25, 0.3) is 0 Å². The van der Waals surface area contributed by atoms with E-state index in [1.807, 2.05) is 24.3 Å². The summed E-state index contributed by atoms with van der Waals surface area (Å²) in [6.45, 7) is 3.70. The molecule has 7 heteroatoms. The molecule has 2 N–H and O–H groups in total. The summed E-state index contributed by atoms with van der Waals surface area (Å²) < 4.78 is 28.2. The number of likely N-dealkylation sites (N-methyl/N-ethyl adjacent to an activating group) is 1. The number of carbonyl (C=O) groups is 1. The Morgan fingerprint density at radius 3 is 2.38 bits per heavy atom. The maximum Gasteiger partial charge on any atom is 0.239 e. The van der Waals surface area contributed by atoms with Gasteiger partial charge in [-0.1, -0.05) is 18.2 Å². The summed E-state index contributed by atoms with van der Waals surface area (Å²) in [6, 6.07) is 11.1. The minimum Gasteiger partial charge on any atom is -0.372 e. The number of halogens is 2. The van der Waals surface area contributed by atoms with Gasteiger partial charge in [-0.15, -0.1) is 0 Å². The molecule has 4 rings (SSSR count). The van der Waals surface area contributed by atoms with Gasteiger partial charge in [-0.3, -0.25) is 9.69 Å². The fraction of sp³-hybridized carbons (Fsp3) is 0.364. The maximum absolute atomic E-state index is 14.7. The first-order valence-corrected chi connectivity index (χ1v) is 9.74. The predicted molar refractivity (Wildman–Crippen MR) is 109 cm³/mol. The summed E-state index contributed by atoms with van der Waals surface area (Å²) in [5.41, 5.74) is 6.62. The largest absolute Gasteiger partial charge is 0.372 e. The molecule has 2 atom stereocenters. The highest BCUT2D eigenvalue weighted by molar-refractivity contribution is 6.02. The van der Waals surface area contributed by atoms with Crippen LogP contribution < -0.4 is 10.6 Å². The first-order valence-electron chi connectivity index (χ1n) is 9.74. The standard InChI is InChI=1S/C22H24F2N4O/c1-22(17-10-7-15(23)13-18(17)24)19(20(29)27(2)21(25)26-22)14-5-8-16(9-6-14)28-11-3-4-12-28/h5-10,13,19H,3-4,11-12H2,1-2H3,(H2,25,26)/t19-,22+/m0/s1. The third kappa shape index (κ3) is 3.24. The fourth-order valence-electron chi connectivity index (χ4n) is 4.36. The van der Waals surface area contributed by atoms with Crippen molar-refractivity contribution in [2.24, 2.45) is 10.7 Å². The topological polar surface area (TPSA) is 61.9 Å². The minimum absolute atomic E-state index is 0.00571. The molecule has 2 aliphatic rings. The Morgan fingerprint density at radius 1 is 1.10 bits per heavy atom. The predicted octanol–water partition coefficient (Wildman–Crippen LogP) is 3.35. The van der Waals surface area contributed by atoms with Crippen LogP contribution in [0, 0.1) is 11.6 Å². The van der Waals surface area contributed by atoms with Crippen LogP contribution in [0.25, 0.3) is 0 Å². The van der Waals surface area contributed by atoms with Crippen molar-refractivity contribution in [3.8, 4) is 0 Å². The molecule has 1 saturated heterocycles. The lowest BCUT2D eigenvalue weighted by atomic mass is 9.74. The van der Waals surface area contributed by atoms with Crippen molar-refractivity contribution in [1.29, 1.82) is 0 Å².